The Morgan fingerprint density at radius 3 is 2.27 bits per heavy atom. The molecule has 0 atom stereocenters. The molecule has 0 fully saturated rings. The number of nitrogens with zero attached hydrogens (tertiary/aromatic N) is 1. The maximum atomic E-state index is 11.7. The molecule has 1 heterocycles. The summed E-state index contributed by atoms with van der Waals surface area (Å²) in [4.78, 5) is 22.9. The van der Waals surface area contributed by atoms with Gasteiger partial charge in [0.05, 0.1) is 6.61 Å². The normalized spacial score (nSPS) is 9.80. The molecule has 4 heteroatoms. The van der Waals surface area contributed by atoms with Gasteiger partial charge in [-0.15, -0.1) is 4.57 Å². The third-order valence-electron chi connectivity index (χ3n) is 2.03. The van der Waals surface area contributed by atoms with Gasteiger partial charge in [-0.25, -0.2) is 9.59 Å². The summed E-state index contributed by atoms with van der Waals surface area (Å²) in [6, 6.07) is 5.37. The minimum absolute atomic E-state index is 0.204. The Balaban J connectivity index is 3.06. The van der Waals surface area contributed by atoms with Crippen molar-refractivity contribution in [3.63, 3.8) is 0 Å². The summed E-state index contributed by atoms with van der Waals surface area (Å²) >= 11 is 0. The van der Waals surface area contributed by atoms with E-state index in [1.807, 2.05) is 6.07 Å². The van der Waals surface area contributed by atoms with Gasteiger partial charge in [0.25, 0.3) is 0 Å². The fourth-order valence-electron chi connectivity index (χ4n) is 1.36. The van der Waals surface area contributed by atoms with Crippen LogP contribution in [0, 0.1) is 13.8 Å². The van der Waals surface area contributed by atoms with E-state index in [9.17, 15) is 9.59 Å². The van der Waals surface area contributed by atoms with Crippen LogP contribution in [0.4, 0.5) is 0 Å². The molecule has 0 aliphatic rings. The third kappa shape index (κ3) is 2.40. The molecular weight excluding hydrogens is 194 g/mol. The largest absolute Gasteiger partial charge is 0.503 e. The number of esters is 1. The predicted molar refractivity (Wildman–Crippen MR) is 53.4 cm³/mol. The standard InChI is InChI=1S/C11H14NO3/c1-4-15-11(14)10(13)12-8(2)6-5-7-9(12)3/h5-7H,4H2,1-3H3/q+1. The number of hydrogen-bond acceptors (Lipinski definition) is 3. The van der Waals surface area contributed by atoms with Crippen LogP contribution in [0.2, 0.25) is 0 Å². The van der Waals surface area contributed by atoms with Gasteiger partial charge in [0, 0.05) is 26.0 Å². The Labute approximate surface area is 88.5 Å². The molecule has 15 heavy (non-hydrogen) atoms. The second kappa shape index (κ2) is 4.68. The molecule has 0 unspecified atom stereocenters. The average Bonchev–Trinajstić information content (AvgIpc) is 2.17. The highest BCUT2D eigenvalue weighted by Crippen LogP contribution is 1.95. The van der Waals surface area contributed by atoms with Crippen LogP contribution in [0.1, 0.15) is 23.1 Å². The van der Waals surface area contributed by atoms with Crippen LogP contribution in [-0.4, -0.2) is 18.5 Å². The summed E-state index contributed by atoms with van der Waals surface area (Å²) in [6.07, 6.45) is 0. The molecule has 1 rings (SSSR count). The van der Waals surface area contributed by atoms with E-state index in [1.165, 1.54) is 4.57 Å². The lowest BCUT2D eigenvalue weighted by Crippen LogP contribution is -2.52. The van der Waals surface area contributed by atoms with Gasteiger partial charge in [0.1, 0.15) is 0 Å². The number of pyridine rings is 1. The zero-order chi connectivity index (χ0) is 11.4. The molecule has 1 aromatic heterocycles. The number of rotatable bonds is 1. The Hall–Kier alpha value is -1.71. The molecule has 0 saturated heterocycles. The van der Waals surface area contributed by atoms with Crippen molar-refractivity contribution >= 4 is 11.9 Å². The molecule has 0 bridgehead atoms. The van der Waals surface area contributed by atoms with Gasteiger partial charge in [0.15, 0.2) is 11.4 Å². The molecule has 0 spiro atoms. The van der Waals surface area contributed by atoms with Crippen molar-refractivity contribution in [2.75, 3.05) is 6.61 Å². The summed E-state index contributed by atoms with van der Waals surface area (Å²) in [5.74, 6) is -1.47. The van der Waals surface area contributed by atoms with E-state index in [1.54, 1.807) is 32.9 Å². The number of carbonyl (C=O) groups is 2. The lowest BCUT2D eigenvalue weighted by molar-refractivity contribution is -0.584. The molecular formula is C11H14NO3+. The summed E-state index contributed by atoms with van der Waals surface area (Å²) in [5, 5.41) is 0. The second-order valence-electron chi connectivity index (χ2n) is 3.17. The van der Waals surface area contributed by atoms with E-state index >= 15 is 0 Å². The highest BCUT2D eigenvalue weighted by Gasteiger charge is 2.29. The fraction of sp³-hybridized carbons (Fsp3) is 0.364. The summed E-state index contributed by atoms with van der Waals surface area (Å²) in [5.41, 5.74) is 1.43. The van der Waals surface area contributed by atoms with E-state index in [-0.39, 0.29) is 6.61 Å². The number of aromatic nitrogens is 1. The van der Waals surface area contributed by atoms with Crippen LogP contribution in [-0.2, 0) is 9.53 Å². The van der Waals surface area contributed by atoms with Crippen LogP contribution >= 0.6 is 0 Å². The monoisotopic (exact) mass is 208 g/mol. The first kappa shape index (κ1) is 11.4. The van der Waals surface area contributed by atoms with Crippen molar-refractivity contribution in [3.8, 4) is 0 Å². The lowest BCUT2D eigenvalue weighted by atomic mass is 10.3. The molecule has 0 N–H and O–H groups in total. The van der Waals surface area contributed by atoms with E-state index in [0.717, 1.165) is 0 Å². The Bertz CT molecular complexity index is 379. The quantitative estimate of drug-likeness (QED) is 0.389. The summed E-state index contributed by atoms with van der Waals surface area (Å²) in [6.45, 7) is 5.41. The van der Waals surface area contributed by atoms with Crippen molar-refractivity contribution < 1.29 is 18.9 Å². The van der Waals surface area contributed by atoms with Gasteiger partial charge in [-0.2, -0.15) is 0 Å². The van der Waals surface area contributed by atoms with Gasteiger partial charge in [-0.05, 0) is 13.0 Å². The first-order valence-electron chi connectivity index (χ1n) is 4.77. The molecule has 0 aromatic carbocycles. The molecule has 0 amide bonds. The minimum atomic E-state index is -0.820. The maximum Gasteiger partial charge on any atom is 0.503 e. The van der Waals surface area contributed by atoms with Crippen molar-refractivity contribution in [1.29, 1.82) is 0 Å². The molecule has 0 aliphatic heterocycles. The zero-order valence-corrected chi connectivity index (χ0v) is 9.11. The van der Waals surface area contributed by atoms with Crippen LogP contribution in [0.5, 0.6) is 0 Å². The van der Waals surface area contributed by atoms with E-state index in [2.05, 4.69) is 4.74 Å². The number of carbonyl (C=O) groups excluding carboxylic acids is 2. The summed E-state index contributed by atoms with van der Waals surface area (Å²) in [7, 11) is 0. The van der Waals surface area contributed by atoms with Gasteiger partial charge < -0.3 is 4.74 Å². The van der Waals surface area contributed by atoms with Crippen molar-refractivity contribution in [2.45, 2.75) is 20.8 Å². The molecule has 0 saturated carbocycles. The summed E-state index contributed by atoms with van der Waals surface area (Å²) < 4.78 is 6.00. The molecule has 1 aromatic rings. The van der Waals surface area contributed by atoms with Crippen LogP contribution < -0.4 is 4.57 Å². The predicted octanol–water partition coefficient (Wildman–Crippen LogP) is 0.794. The Morgan fingerprint density at radius 1 is 1.27 bits per heavy atom. The maximum absolute atomic E-state index is 11.7. The smallest absolute Gasteiger partial charge is 0.455 e. The van der Waals surface area contributed by atoms with Gasteiger partial charge in [0.2, 0.25) is 0 Å². The molecule has 0 aliphatic carbocycles. The molecule has 0 radical (unpaired) electrons. The van der Waals surface area contributed by atoms with Gasteiger partial charge >= 0.3 is 11.9 Å². The Morgan fingerprint density at radius 2 is 1.80 bits per heavy atom. The van der Waals surface area contributed by atoms with Crippen LogP contribution in [0.3, 0.4) is 0 Å². The van der Waals surface area contributed by atoms with Crippen molar-refractivity contribution in [1.82, 2.24) is 0 Å². The van der Waals surface area contributed by atoms with E-state index < -0.39 is 11.9 Å². The number of hydrogen-bond donors (Lipinski definition) is 0. The first-order valence-corrected chi connectivity index (χ1v) is 4.77. The first-order chi connectivity index (χ1) is 7.07. The third-order valence-corrected chi connectivity index (χ3v) is 2.03. The average molecular weight is 208 g/mol. The SMILES string of the molecule is CCOC(=O)C(=O)[n+]1c(C)cccc1C. The number of ether oxygens (including phenoxy) is 1. The van der Waals surface area contributed by atoms with E-state index in [0.29, 0.717) is 11.4 Å². The minimum Gasteiger partial charge on any atom is -0.455 e. The molecule has 4 nitrogen and oxygen atoms in total. The van der Waals surface area contributed by atoms with Crippen molar-refractivity contribution in [3.05, 3.63) is 29.6 Å². The van der Waals surface area contributed by atoms with E-state index in [4.69, 9.17) is 0 Å². The van der Waals surface area contributed by atoms with Crippen LogP contribution in [0.25, 0.3) is 0 Å². The highest BCUT2D eigenvalue weighted by molar-refractivity contribution is 6.28. The zero-order valence-electron chi connectivity index (χ0n) is 9.11. The fourth-order valence-corrected chi connectivity index (χ4v) is 1.36. The van der Waals surface area contributed by atoms with Gasteiger partial charge in [-0.3, -0.25) is 0 Å². The van der Waals surface area contributed by atoms with Crippen LogP contribution in [0.15, 0.2) is 18.2 Å². The lowest BCUT2D eigenvalue weighted by Gasteiger charge is -2.00. The highest BCUT2D eigenvalue weighted by atomic mass is 16.5. The molecule has 80 valence electrons. The Kier molecular flexibility index (Phi) is 3.55. The number of aryl methyl sites for hydroxylation is 2. The topological polar surface area (TPSA) is 47.3 Å². The van der Waals surface area contributed by atoms with Gasteiger partial charge in [-0.1, -0.05) is 0 Å². The second-order valence-corrected chi connectivity index (χ2v) is 3.17. The van der Waals surface area contributed by atoms with Crippen molar-refractivity contribution in [2.24, 2.45) is 0 Å².